The van der Waals surface area contributed by atoms with Crippen molar-refractivity contribution >= 4 is 11.8 Å². The molecular weight excluding hydrogens is 230 g/mol. The Hall–Kier alpha value is -0.510. The summed E-state index contributed by atoms with van der Waals surface area (Å²) in [5, 5.41) is 9.73. The first-order valence-electron chi connectivity index (χ1n) is 6.14. The zero-order valence-corrected chi connectivity index (χ0v) is 11.6. The number of nitrogens with two attached hydrogens (primary N) is 1. The number of aryl methyl sites for hydroxylation is 1. The molecule has 1 atom stereocenters. The van der Waals surface area contributed by atoms with E-state index >= 15 is 0 Å². The van der Waals surface area contributed by atoms with Crippen LogP contribution >= 0.6 is 11.8 Å². The average molecular weight is 253 g/mol. The highest BCUT2D eigenvalue weighted by Crippen LogP contribution is 2.29. The lowest BCUT2D eigenvalue weighted by atomic mass is 9.78. The predicted octanol–water partition coefficient (Wildman–Crippen LogP) is 2.33. The number of rotatable bonds is 7. The van der Waals surface area contributed by atoms with Crippen molar-refractivity contribution in [1.82, 2.24) is 0 Å². The zero-order valence-electron chi connectivity index (χ0n) is 10.8. The second-order valence-corrected chi connectivity index (χ2v) is 5.85. The summed E-state index contributed by atoms with van der Waals surface area (Å²) in [7, 11) is 0. The molecule has 1 aromatic rings. The molecule has 0 aliphatic rings. The standard InChI is InChI=1S/C14H23NOS/c1-3-17-8-7-14(10-15,11-16)13-6-4-5-12(2)9-13/h4-6,9,16H,3,7-8,10-11,15H2,1-2H3. The molecule has 1 unspecified atom stereocenters. The molecule has 17 heavy (non-hydrogen) atoms. The SMILES string of the molecule is CCSCCC(CN)(CO)c1cccc(C)c1. The number of benzene rings is 1. The smallest absolute Gasteiger partial charge is 0.0540 e. The molecular formula is C14H23NOS. The summed E-state index contributed by atoms with van der Waals surface area (Å²) in [6, 6.07) is 8.33. The van der Waals surface area contributed by atoms with Crippen molar-refractivity contribution in [2.45, 2.75) is 25.7 Å². The van der Waals surface area contributed by atoms with Gasteiger partial charge in [-0.25, -0.2) is 0 Å². The van der Waals surface area contributed by atoms with Crippen LogP contribution in [0.15, 0.2) is 24.3 Å². The summed E-state index contributed by atoms with van der Waals surface area (Å²) >= 11 is 1.90. The highest BCUT2D eigenvalue weighted by molar-refractivity contribution is 7.99. The topological polar surface area (TPSA) is 46.2 Å². The molecule has 3 N–H and O–H groups in total. The van der Waals surface area contributed by atoms with E-state index in [-0.39, 0.29) is 12.0 Å². The molecule has 0 spiro atoms. The van der Waals surface area contributed by atoms with Crippen molar-refractivity contribution < 1.29 is 5.11 Å². The first-order valence-corrected chi connectivity index (χ1v) is 7.30. The first-order chi connectivity index (χ1) is 8.18. The number of aliphatic hydroxyl groups is 1. The summed E-state index contributed by atoms with van der Waals surface area (Å²) in [5.41, 5.74) is 8.03. The Bertz CT molecular complexity index is 337. The van der Waals surface area contributed by atoms with Crippen LogP contribution in [0.3, 0.4) is 0 Å². The van der Waals surface area contributed by atoms with Gasteiger partial charge in [0.1, 0.15) is 0 Å². The van der Waals surface area contributed by atoms with E-state index in [1.807, 2.05) is 17.8 Å². The van der Waals surface area contributed by atoms with Crippen LogP contribution in [0.5, 0.6) is 0 Å². The van der Waals surface area contributed by atoms with E-state index in [0.29, 0.717) is 6.54 Å². The van der Waals surface area contributed by atoms with Gasteiger partial charge in [-0.1, -0.05) is 36.8 Å². The Kier molecular flexibility index (Phi) is 6.03. The largest absolute Gasteiger partial charge is 0.395 e. The van der Waals surface area contributed by atoms with Gasteiger partial charge in [0.05, 0.1) is 6.61 Å². The van der Waals surface area contributed by atoms with Gasteiger partial charge in [-0.05, 0) is 30.4 Å². The maximum Gasteiger partial charge on any atom is 0.0540 e. The fourth-order valence-corrected chi connectivity index (χ4v) is 2.81. The molecule has 0 amide bonds. The molecule has 1 rings (SSSR count). The molecule has 3 heteroatoms. The Balaban J connectivity index is 2.89. The van der Waals surface area contributed by atoms with Crippen LogP contribution in [-0.4, -0.2) is 29.8 Å². The van der Waals surface area contributed by atoms with Crippen molar-refractivity contribution in [3.63, 3.8) is 0 Å². The maximum atomic E-state index is 9.73. The molecule has 0 saturated heterocycles. The predicted molar refractivity (Wildman–Crippen MR) is 76.6 cm³/mol. The van der Waals surface area contributed by atoms with E-state index in [0.717, 1.165) is 17.9 Å². The minimum absolute atomic E-state index is 0.122. The Morgan fingerprint density at radius 1 is 1.41 bits per heavy atom. The summed E-state index contributed by atoms with van der Waals surface area (Å²) in [6.45, 7) is 4.85. The minimum Gasteiger partial charge on any atom is -0.395 e. The lowest BCUT2D eigenvalue weighted by molar-refractivity contribution is 0.193. The van der Waals surface area contributed by atoms with E-state index in [1.165, 1.54) is 11.1 Å². The van der Waals surface area contributed by atoms with Gasteiger partial charge in [0, 0.05) is 12.0 Å². The van der Waals surface area contributed by atoms with Gasteiger partial charge in [0.15, 0.2) is 0 Å². The molecule has 0 heterocycles. The van der Waals surface area contributed by atoms with Gasteiger partial charge in [0.2, 0.25) is 0 Å². The van der Waals surface area contributed by atoms with Crippen molar-refractivity contribution in [2.75, 3.05) is 24.7 Å². The molecule has 1 aromatic carbocycles. The fraction of sp³-hybridized carbons (Fsp3) is 0.571. The van der Waals surface area contributed by atoms with Gasteiger partial charge in [-0.3, -0.25) is 0 Å². The molecule has 0 bridgehead atoms. The van der Waals surface area contributed by atoms with Gasteiger partial charge < -0.3 is 10.8 Å². The third-order valence-electron chi connectivity index (χ3n) is 3.25. The van der Waals surface area contributed by atoms with Crippen LogP contribution < -0.4 is 5.73 Å². The van der Waals surface area contributed by atoms with Crippen molar-refractivity contribution in [1.29, 1.82) is 0 Å². The minimum atomic E-state index is -0.270. The van der Waals surface area contributed by atoms with E-state index in [9.17, 15) is 5.11 Å². The first kappa shape index (κ1) is 14.6. The van der Waals surface area contributed by atoms with Gasteiger partial charge in [0.25, 0.3) is 0 Å². The third kappa shape index (κ3) is 3.73. The quantitative estimate of drug-likeness (QED) is 0.733. The number of hydrogen-bond donors (Lipinski definition) is 2. The van der Waals surface area contributed by atoms with Crippen LogP contribution in [0, 0.1) is 6.92 Å². The van der Waals surface area contributed by atoms with Crippen molar-refractivity contribution in [3.05, 3.63) is 35.4 Å². The Morgan fingerprint density at radius 3 is 2.71 bits per heavy atom. The van der Waals surface area contributed by atoms with Gasteiger partial charge in [-0.15, -0.1) is 0 Å². The summed E-state index contributed by atoms with van der Waals surface area (Å²) in [6.07, 6.45) is 0.933. The van der Waals surface area contributed by atoms with Crippen LogP contribution in [-0.2, 0) is 5.41 Å². The van der Waals surface area contributed by atoms with Gasteiger partial charge in [-0.2, -0.15) is 11.8 Å². The molecule has 0 saturated carbocycles. The molecule has 2 nitrogen and oxygen atoms in total. The third-order valence-corrected chi connectivity index (χ3v) is 4.15. The normalized spacial score (nSPS) is 14.6. The van der Waals surface area contributed by atoms with E-state index < -0.39 is 0 Å². The van der Waals surface area contributed by atoms with E-state index in [2.05, 4.69) is 32.0 Å². The zero-order chi connectivity index (χ0) is 12.7. The second-order valence-electron chi connectivity index (χ2n) is 4.46. The molecule has 0 aromatic heterocycles. The van der Waals surface area contributed by atoms with E-state index in [1.54, 1.807) is 0 Å². The number of aliphatic hydroxyl groups excluding tert-OH is 1. The summed E-state index contributed by atoms with van der Waals surface area (Å²) < 4.78 is 0. The Morgan fingerprint density at radius 2 is 2.18 bits per heavy atom. The lowest BCUT2D eigenvalue weighted by Gasteiger charge is -2.31. The monoisotopic (exact) mass is 253 g/mol. The van der Waals surface area contributed by atoms with Crippen molar-refractivity contribution in [2.24, 2.45) is 5.73 Å². The summed E-state index contributed by atoms with van der Waals surface area (Å²) in [4.78, 5) is 0. The molecule has 0 radical (unpaired) electrons. The van der Waals surface area contributed by atoms with Gasteiger partial charge >= 0.3 is 0 Å². The maximum absolute atomic E-state index is 9.73. The van der Waals surface area contributed by atoms with Crippen molar-refractivity contribution in [3.8, 4) is 0 Å². The highest BCUT2D eigenvalue weighted by atomic mass is 32.2. The average Bonchev–Trinajstić information content (AvgIpc) is 2.35. The Labute approximate surface area is 109 Å². The molecule has 0 aliphatic carbocycles. The van der Waals surface area contributed by atoms with Crippen LogP contribution in [0.25, 0.3) is 0 Å². The molecule has 96 valence electrons. The lowest BCUT2D eigenvalue weighted by Crippen LogP contribution is -2.39. The van der Waals surface area contributed by atoms with E-state index in [4.69, 9.17) is 5.73 Å². The molecule has 0 fully saturated rings. The summed E-state index contributed by atoms with van der Waals surface area (Å²) in [5.74, 6) is 2.15. The van der Waals surface area contributed by atoms with Crippen LogP contribution in [0.1, 0.15) is 24.5 Å². The van der Waals surface area contributed by atoms with Crippen LogP contribution in [0.2, 0.25) is 0 Å². The molecule has 0 aliphatic heterocycles. The van der Waals surface area contributed by atoms with Crippen LogP contribution in [0.4, 0.5) is 0 Å². The highest BCUT2D eigenvalue weighted by Gasteiger charge is 2.29. The fourth-order valence-electron chi connectivity index (χ4n) is 1.99. The number of hydrogen-bond acceptors (Lipinski definition) is 3. The number of thioether (sulfide) groups is 1. The second kappa shape index (κ2) is 7.04.